The van der Waals surface area contributed by atoms with Crippen molar-refractivity contribution in [3.63, 3.8) is 0 Å². The Bertz CT molecular complexity index is 2700. The monoisotopic (exact) mass is 975 g/mol. The number of ketones is 2. The normalized spacial score (nSPS) is 21.0. The first-order valence-electron chi connectivity index (χ1n) is 27.0. The van der Waals surface area contributed by atoms with Crippen molar-refractivity contribution >= 4 is 34.3 Å². The van der Waals surface area contributed by atoms with Crippen molar-refractivity contribution in [1.82, 2.24) is 0 Å². The van der Waals surface area contributed by atoms with Crippen LogP contribution < -0.4 is 20.1 Å². The fourth-order valence-corrected chi connectivity index (χ4v) is 11.4. The maximum absolute atomic E-state index is 15.3. The number of hydrogen-bond acceptors (Lipinski definition) is 8. The van der Waals surface area contributed by atoms with Crippen LogP contribution in [0.3, 0.4) is 0 Å². The van der Waals surface area contributed by atoms with Gasteiger partial charge in [0.15, 0.2) is 23.0 Å². The van der Waals surface area contributed by atoms with Crippen molar-refractivity contribution < 1.29 is 33.7 Å². The average molecular weight is 975 g/mol. The number of aromatic hydroxyl groups is 2. The van der Waals surface area contributed by atoms with Gasteiger partial charge in [-0.25, -0.2) is 4.39 Å². The van der Waals surface area contributed by atoms with Crippen molar-refractivity contribution in [3.05, 3.63) is 154 Å². The molecule has 9 heteroatoms. The Morgan fingerprint density at radius 3 is 1.79 bits per heavy atom. The molecular weight excluding hydrogens is 900 g/mol. The largest absolute Gasteiger partial charge is 0.504 e. The molecule has 0 bridgehead atoms. The maximum atomic E-state index is 15.3. The second-order valence-electron chi connectivity index (χ2n) is 20.6. The van der Waals surface area contributed by atoms with E-state index in [0.29, 0.717) is 29.6 Å². The van der Waals surface area contributed by atoms with E-state index in [0.717, 1.165) is 43.9 Å². The number of fused-ring (bicyclic) bond motifs is 2. The molecule has 0 spiro atoms. The van der Waals surface area contributed by atoms with E-state index in [1.165, 1.54) is 124 Å². The summed E-state index contributed by atoms with van der Waals surface area (Å²) in [6.45, 7) is 12.8. The number of ether oxygens (including phenoxy) is 2. The fourth-order valence-electron chi connectivity index (χ4n) is 11.4. The van der Waals surface area contributed by atoms with Crippen LogP contribution in [-0.4, -0.2) is 27.9 Å². The van der Waals surface area contributed by atoms with Gasteiger partial charge in [0.05, 0.1) is 33.6 Å². The molecule has 0 radical (unpaired) electrons. The summed E-state index contributed by atoms with van der Waals surface area (Å²) in [7, 11) is 0. The number of anilines is 4. The van der Waals surface area contributed by atoms with Gasteiger partial charge in [0.1, 0.15) is 17.7 Å². The van der Waals surface area contributed by atoms with E-state index in [1.807, 2.05) is 43.3 Å². The van der Waals surface area contributed by atoms with Crippen LogP contribution in [0.2, 0.25) is 0 Å². The summed E-state index contributed by atoms with van der Waals surface area (Å²) in [6.07, 6.45) is 32.6. The van der Waals surface area contributed by atoms with Crippen LogP contribution in [0.15, 0.2) is 121 Å². The van der Waals surface area contributed by atoms with Gasteiger partial charge in [-0.3, -0.25) is 9.59 Å². The quantitative estimate of drug-likeness (QED) is 0.0326. The molecule has 1 unspecified atom stereocenters. The number of carbonyl (C=O) groups excluding carboxylic acids is 2. The molecule has 1 atom stereocenters. The SMILES string of the molecule is C=C(/C=C\C(=C/C)C1CCC(CCCC)CC1)Oc1cc(Nc2ccc(F)cc2)c2c(c1O)C(=O)c1c(Nc3ccc(CCCC)cc3)cc(OC3C=CC(C4CCC(CCCC)CC4)=CC3)c(O)c1C2=O. The second-order valence-corrected chi connectivity index (χ2v) is 20.6. The molecule has 0 aromatic heterocycles. The number of aryl methyl sites for hydroxylation is 1. The van der Waals surface area contributed by atoms with Gasteiger partial charge >= 0.3 is 0 Å². The van der Waals surface area contributed by atoms with E-state index in [9.17, 15) is 14.6 Å². The first-order valence-corrected chi connectivity index (χ1v) is 27.0. The highest BCUT2D eigenvalue weighted by atomic mass is 19.1. The number of halogens is 1. The summed E-state index contributed by atoms with van der Waals surface area (Å²) in [4.78, 5) is 30.5. The Morgan fingerprint density at radius 2 is 1.25 bits per heavy atom. The van der Waals surface area contributed by atoms with Gasteiger partial charge in [0.25, 0.3) is 0 Å². The molecular formula is C63H75FN2O6. The van der Waals surface area contributed by atoms with Gasteiger partial charge in [-0.15, -0.1) is 0 Å². The molecule has 2 saturated carbocycles. The molecule has 0 amide bonds. The van der Waals surface area contributed by atoms with Crippen LogP contribution in [-0.2, 0) is 6.42 Å². The van der Waals surface area contributed by atoms with Gasteiger partial charge in [0.2, 0.25) is 11.6 Å². The number of unbranched alkanes of at least 4 members (excludes halogenated alkanes) is 3. The van der Waals surface area contributed by atoms with Gasteiger partial charge in [-0.05, 0) is 160 Å². The topological polar surface area (TPSA) is 117 Å². The zero-order chi connectivity index (χ0) is 50.7. The minimum Gasteiger partial charge on any atom is -0.504 e. The Hall–Kier alpha value is -6.35. The van der Waals surface area contributed by atoms with Crippen LogP contribution in [0.5, 0.6) is 23.0 Å². The highest BCUT2D eigenvalue weighted by Gasteiger charge is 2.41. The Balaban J connectivity index is 1.12. The first kappa shape index (κ1) is 52.0. The van der Waals surface area contributed by atoms with Gasteiger partial charge in [-0.1, -0.05) is 109 Å². The summed E-state index contributed by atoms with van der Waals surface area (Å²) >= 11 is 0. The third-order valence-corrected chi connectivity index (χ3v) is 15.6. The lowest BCUT2D eigenvalue weighted by atomic mass is 9.76. The van der Waals surface area contributed by atoms with Crippen LogP contribution in [0.25, 0.3) is 0 Å². The van der Waals surface area contributed by atoms with Crippen molar-refractivity contribution in [2.75, 3.05) is 10.6 Å². The second kappa shape index (κ2) is 24.4. The molecule has 380 valence electrons. The number of carbonyl (C=O) groups is 2. The molecule has 0 heterocycles. The van der Waals surface area contributed by atoms with Crippen molar-refractivity contribution in [2.24, 2.45) is 23.7 Å². The van der Waals surface area contributed by atoms with Crippen LogP contribution in [0.4, 0.5) is 27.1 Å². The Kier molecular flexibility index (Phi) is 17.6. The molecule has 4 N–H and O–H groups in total. The number of phenols is 2. The van der Waals surface area contributed by atoms with Gasteiger partial charge in [-0.2, -0.15) is 0 Å². The predicted molar refractivity (Wildman–Crippen MR) is 290 cm³/mol. The molecule has 0 aliphatic heterocycles. The van der Waals surface area contributed by atoms with Crippen molar-refractivity contribution in [1.29, 1.82) is 0 Å². The van der Waals surface area contributed by atoms with E-state index in [2.05, 4.69) is 56.2 Å². The fraction of sp³-hybridized carbons (Fsp3) is 0.429. The number of allylic oxidation sites excluding steroid dienone is 6. The summed E-state index contributed by atoms with van der Waals surface area (Å²) in [5.74, 6) is -0.263. The molecule has 72 heavy (non-hydrogen) atoms. The lowest BCUT2D eigenvalue weighted by molar-refractivity contribution is 0.0974. The zero-order valence-corrected chi connectivity index (χ0v) is 43.0. The number of phenolic OH excluding ortho intramolecular Hbond substituents is 2. The zero-order valence-electron chi connectivity index (χ0n) is 43.0. The highest BCUT2D eigenvalue weighted by Crippen LogP contribution is 2.50. The lowest BCUT2D eigenvalue weighted by Gasteiger charge is -2.31. The molecule has 4 aromatic carbocycles. The van der Waals surface area contributed by atoms with Gasteiger partial charge in [0, 0.05) is 29.9 Å². The van der Waals surface area contributed by atoms with E-state index in [1.54, 1.807) is 12.1 Å². The third kappa shape index (κ3) is 12.3. The summed E-state index contributed by atoms with van der Waals surface area (Å²) in [5.41, 5.74) is 4.21. The predicted octanol–water partition coefficient (Wildman–Crippen LogP) is 16.9. The van der Waals surface area contributed by atoms with Crippen molar-refractivity contribution in [2.45, 2.75) is 149 Å². The Labute approximate surface area is 427 Å². The summed E-state index contributed by atoms with van der Waals surface area (Å²) in [5, 5.41) is 30.9. The molecule has 4 aliphatic carbocycles. The van der Waals surface area contributed by atoms with Crippen LogP contribution in [0, 0.1) is 29.5 Å². The number of benzene rings is 4. The number of nitrogens with one attached hydrogen (secondary N) is 2. The van der Waals surface area contributed by atoms with Gasteiger partial charge < -0.3 is 30.3 Å². The molecule has 0 saturated heterocycles. The van der Waals surface area contributed by atoms with E-state index >= 15 is 9.59 Å². The maximum Gasteiger partial charge on any atom is 0.200 e. The Morgan fingerprint density at radius 1 is 0.708 bits per heavy atom. The third-order valence-electron chi connectivity index (χ3n) is 15.6. The standard InChI is InChI=1S/C63H75FN2O6/c1-6-10-13-41-17-24-45(25-18-41)44(9-4)23-16-40(5)71-54-38-52(66-50-34-30-48(64)31-35-50)56-58(60(54)67)62(69)57-53(65-49-32-21-43(22-33-49)15-12-8-3)39-55(61(68)59(57)63(56)70)72-51-36-28-47(29-37-51)46-26-19-42(20-27-46)14-11-7-2/h9,16,21-23,28-36,38-39,41-42,45-46,51,65-68H,5-8,10-15,17-20,24-27,37H2,1-4H3/b23-16-,44-9+. The minimum atomic E-state index is -0.719. The molecule has 4 aliphatic rings. The molecule has 8 rings (SSSR count). The number of rotatable bonds is 21. The van der Waals surface area contributed by atoms with Crippen molar-refractivity contribution in [3.8, 4) is 23.0 Å². The van der Waals surface area contributed by atoms with Crippen LogP contribution >= 0.6 is 0 Å². The molecule has 4 aromatic rings. The average Bonchev–Trinajstić information content (AvgIpc) is 3.39. The summed E-state index contributed by atoms with van der Waals surface area (Å²) < 4.78 is 27.0. The van der Waals surface area contributed by atoms with Crippen LogP contribution in [0.1, 0.15) is 174 Å². The van der Waals surface area contributed by atoms with E-state index in [-0.39, 0.29) is 50.9 Å². The smallest absolute Gasteiger partial charge is 0.200 e. The summed E-state index contributed by atoms with van der Waals surface area (Å²) in [6, 6.07) is 16.5. The first-order chi connectivity index (χ1) is 35.0. The van der Waals surface area contributed by atoms with E-state index < -0.39 is 35.0 Å². The lowest BCUT2D eigenvalue weighted by Crippen LogP contribution is -2.25. The highest BCUT2D eigenvalue weighted by molar-refractivity contribution is 6.34. The molecule has 2 fully saturated rings. The number of hydrogen-bond donors (Lipinski definition) is 4. The minimum absolute atomic E-state index is 0.0358. The van der Waals surface area contributed by atoms with E-state index in [4.69, 9.17) is 9.47 Å². The molecule has 8 nitrogen and oxygen atoms in total.